The van der Waals surface area contributed by atoms with E-state index in [0.717, 1.165) is 11.8 Å². The molecule has 0 radical (unpaired) electrons. The fraction of sp³-hybridized carbons (Fsp3) is 0.462. The minimum atomic E-state index is -3.23. The molecule has 0 heterocycles. The van der Waals surface area contributed by atoms with E-state index < -0.39 is 14.6 Å². The molecule has 3 N–H and O–H groups in total. The lowest BCUT2D eigenvalue weighted by molar-refractivity contribution is 0.0950. The van der Waals surface area contributed by atoms with E-state index in [4.69, 9.17) is 5.73 Å². The van der Waals surface area contributed by atoms with Crippen LogP contribution in [0.2, 0.25) is 0 Å². The van der Waals surface area contributed by atoms with Crippen LogP contribution in [0.3, 0.4) is 0 Å². The Hall–Kier alpha value is -1.40. The first-order valence-electron chi connectivity index (χ1n) is 5.94. The highest BCUT2D eigenvalue weighted by molar-refractivity contribution is 7.92. The van der Waals surface area contributed by atoms with Gasteiger partial charge in [-0.15, -0.1) is 0 Å². The van der Waals surface area contributed by atoms with Gasteiger partial charge in [0.2, 0.25) is 0 Å². The molecule has 6 heteroatoms. The molecule has 1 aromatic carbocycles. The fourth-order valence-electron chi connectivity index (χ4n) is 1.37. The second-order valence-electron chi connectivity index (χ2n) is 5.12. The summed E-state index contributed by atoms with van der Waals surface area (Å²) < 4.78 is 22.1. The summed E-state index contributed by atoms with van der Waals surface area (Å²) >= 11 is 0. The number of rotatable bonds is 5. The molecule has 19 heavy (non-hydrogen) atoms. The predicted octanol–water partition coefficient (Wildman–Crippen LogP) is 0.698. The topological polar surface area (TPSA) is 89.3 Å². The maximum Gasteiger partial charge on any atom is 0.251 e. The SMILES string of the molecule is CC(C)(CNC(=O)c1cccc(CN)c1)S(C)(=O)=O. The molecule has 0 spiro atoms. The molecule has 0 aromatic heterocycles. The number of hydrogen-bond acceptors (Lipinski definition) is 4. The summed E-state index contributed by atoms with van der Waals surface area (Å²) in [6.45, 7) is 3.59. The first-order valence-corrected chi connectivity index (χ1v) is 7.83. The van der Waals surface area contributed by atoms with Crippen LogP contribution in [0.25, 0.3) is 0 Å². The van der Waals surface area contributed by atoms with Crippen molar-refractivity contribution in [2.24, 2.45) is 5.73 Å². The van der Waals surface area contributed by atoms with Crippen LogP contribution < -0.4 is 11.1 Å². The van der Waals surface area contributed by atoms with E-state index in [1.54, 1.807) is 32.0 Å². The van der Waals surface area contributed by atoms with Crippen molar-refractivity contribution >= 4 is 15.7 Å². The van der Waals surface area contributed by atoms with E-state index in [0.29, 0.717) is 12.1 Å². The van der Waals surface area contributed by atoms with Crippen LogP contribution in [0.15, 0.2) is 24.3 Å². The lowest BCUT2D eigenvalue weighted by atomic mass is 10.1. The fourth-order valence-corrected chi connectivity index (χ4v) is 1.70. The van der Waals surface area contributed by atoms with Crippen molar-refractivity contribution in [3.8, 4) is 0 Å². The summed E-state index contributed by atoms with van der Waals surface area (Å²) in [5.41, 5.74) is 6.84. The second-order valence-corrected chi connectivity index (χ2v) is 7.77. The van der Waals surface area contributed by atoms with Gasteiger partial charge in [-0.25, -0.2) is 8.42 Å². The lowest BCUT2D eigenvalue weighted by Gasteiger charge is -2.22. The average Bonchev–Trinajstić information content (AvgIpc) is 2.34. The van der Waals surface area contributed by atoms with E-state index in [9.17, 15) is 13.2 Å². The Morgan fingerprint density at radius 1 is 1.37 bits per heavy atom. The molecule has 0 saturated heterocycles. The Morgan fingerprint density at radius 3 is 2.53 bits per heavy atom. The molecule has 0 saturated carbocycles. The number of benzene rings is 1. The first kappa shape index (κ1) is 15.7. The minimum Gasteiger partial charge on any atom is -0.350 e. The summed E-state index contributed by atoms with van der Waals surface area (Å²) in [5.74, 6) is -0.299. The van der Waals surface area contributed by atoms with Crippen LogP contribution in [0.4, 0.5) is 0 Å². The summed E-state index contributed by atoms with van der Waals surface area (Å²) in [4.78, 5) is 11.9. The van der Waals surface area contributed by atoms with Gasteiger partial charge in [-0.1, -0.05) is 12.1 Å². The van der Waals surface area contributed by atoms with Gasteiger partial charge in [0.1, 0.15) is 0 Å². The predicted molar refractivity (Wildman–Crippen MR) is 75.6 cm³/mol. The maximum atomic E-state index is 11.9. The van der Waals surface area contributed by atoms with Gasteiger partial charge in [-0.2, -0.15) is 0 Å². The van der Waals surface area contributed by atoms with Gasteiger partial charge in [-0.3, -0.25) is 4.79 Å². The maximum absolute atomic E-state index is 11.9. The molecule has 106 valence electrons. The number of hydrogen-bond donors (Lipinski definition) is 2. The van der Waals surface area contributed by atoms with E-state index >= 15 is 0 Å². The standard InChI is InChI=1S/C13H20N2O3S/c1-13(2,19(3,17)18)9-15-12(16)11-6-4-5-10(7-11)8-14/h4-7H,8-9,14H2,1-3H3,(H,15,16). The Labute approximate surface area is 114 Å². The van der Waals surface area contributed by atoms with Crippen molar-refractivity contribution in [2.45, 2.75) is 25.1 Å². The quantitative estimate of drug-likeness (QED) is 0.833. The molecule has 1 aromatic rings. The van der Waals surface area contributed by atoms with Crippen LogP contribution in [-0.4, -0.2) is 31.9 Å². The van der Waals surface area contributed by atoms with Crippen molar-refractivity contribution in [1.29, 1.82) is 0 Å². The lowest BCUT2D eigenvalue weighted by Crippen LogP contribution is -2.43. The normalized spacial score (nSPS) is 12.2. The Kier molecular flexibility index (Phi) is 4.70. The molecule has 0 aliphatic carbocycles. The molecule has 0 bridgehead atoms. The van der Waals surface area contributed by atoms with Crippen molar-refractivity contribution in [3.05, 3.63) is 35.4 Å². The molecule has 0 fully saturated rings. The molecular weight excluding hydrogens is 264 g/mol. The van der Waals surface area contributed by atoms with Gasteiger partial charge in [-0.05, 0) is 31.5 Å². The Bertz CT molecular complexity index is 565. The average molecular weight is 284 g/mol. The molecule has 1 amide bonds. The van der Waals surface area contributed by atoms with Crippen LogP contribution in [-0.2, 0) is 16.4 Å². The molecule has 1 rings (SSSR count). The number of nitrogens with one attached hydrogen (secondary N) is 1. The third-order valence-electron chi connectivity index (χ3n) is 3.10. The van der Waals surface area contributed by atoms with E-state index in [1.165, 1.54) is 0 Å². The third kappa shape index (κ3) is 4.04. The number of amides is 1. The van der Waals surface area contributed by atoms with Gasteiger partial charge in [0, 0.05) is 24.9 Å². The monoisotopic (exact) mass is 284 g/mol. The van der Waals surface area contributed by atoms with Crippen LogP contribution >= 0.6 is 0 Å². The highest BCUT2D eigenvalue weighted by atomic mass is 32.2. The molecule has 0 atom stereocenters. The van der Waals surface area contributed by atoms with Crippen LogP contribution in [0, 0.1) is 0 Å². The van der Waals surface area contributed by atoms with Gasteiger partial charge >= 0.3 is 0 Å². The highest BCUT2D eigenvalue weighted by Gasteiger charge is 2.30. The number of carbonyl (C=O) groups excluding carboxylic acids is 1. The van der Waals surface area contributed by atoms with E-state index in [2.05, 4.69) is 5.32 Å². The van der Waals surface area contributed by atoms with E-state index in [1.807, 2.05) is 6.07 Å². The van der Waals surface area contributed by atoms with Gasteiger partial charge < -0.3 is 11.1 Å². The third-order valence-corrected chi connectivity index (χ3v) is 5.26. The van der Waals surface area contributed by atoms with Gasteiger partial charge in [0.25, 0.3) is 5.91 Å². The molecule has 5 nitrogen and oxygen atoms in total. The molecule has 0 aliphatic rings. The van der Waals surface area contributed by atoms with Crippen molar-refractivity contribution in [1.82, 2.24) is 5.32 Å². The van der Waals surface area contributed by atoms with Crippen molar-refractivity contribution < 1.29 is 13.2 Å². The Balaban J connectivity index is 2.76. The second kappa shape index (κ2) is 5.71. The Morgan fingerprint density at radius 2 is 2.00 bits per heavy atom. The summed E-state index contributed by atoms with van der Waals surface area (Å²) in [7, 11) is -3.23. The smallest absolute Gasteiger partial charge is 0.251 e. The first-order chi connectivity index (χ1) is 8.67. The molecule has 0 unspecified atom stereocenters. The molecule has 0 aliphatic heterocycles. The summed E-state index contributed by atoms with van der Waals surface area (Å²) in [5, 5.41) is 2.64. The number of carbonyl (C=O) groups is 1. The number of nitrogens with two attached hydrogens (primary N) is 1. The summed E-state index contributed by atoms with van der Waals surface area (Å²) in [6.07, 6.45) is 1.16. The van der Waals surface area contributed by atoms with Gasteiger partial charge in [0.15, 0.2) is 9.84 Å². The van der Waals surface area contributed by atoms with E-state index in [-0.39, 0.29) is 12.5 Å². The number of sulfone groups is 1. The van der Waals surface area contributed by atoms with Crippen LogP contribution in [0.5, 0.6) is 0 Å². The van der Waals surface area contributed by atoms with Gasteiger partial charge in [0.05, 0.1) is 4.75 Å². The summed E-state index contributed by atoms with van der Waals surface area (Å²) in [6, 6.07) is 6.95. The van der Waals surface area contributed by atoms with Crippen molar-refractivity contribution in [2.75, 3.05) is 12.8 Å². The van der Waals surface area contributed by atoms with Crippen molar-refractivity contribution in [3.63, 3.8) is 0 Å². The minimum absolute atomic E-state index is 0.0670. The zero-order valence-electron chi connectivity index (χ0n) is 11.4. The van der Waals surface area contributed by atoms with Crippen LogP contribution in [0.1, 0.15) is 29.8 Å². The highest BCUT2D eigenvalue weighted by Crippen LogP contribution is 2.14. The largest absolute Gasteiger partial charge is 0.350 e. The zero-order valence-corrected chi connectivity index (χ0v) is 12.3. The zero-order chi connectivity index (χ0) is 14.7. The molecular formula is C13H20N2O3S.